The molecule has 0 saturated heterocycles. The van der Waals surface area contributed by atoms with Crippen LogP contribution >= 0.6 is 22.7 Å². The van der Waals surface area contributed by atoms with Crippen molar-refractivity contribution in [2.75, 3.05) is 0 Å². The van der Waals surface area contributed by atoms with Gasteiger partial charge in [0.1, 0.15) is 0 Å². The molecule has 7 heterocycles. The fourth-order valence-corrected chi connectivity index (χ4v) is 7.22. The van der Waals surface area contributed by atoms with E-state index in [-0.39, 0.29) is 44.6 Å². The molecule has 0 aliphatic carbocycles. The van der Waals surface area contributed by atoms with E-state index < -0.39 is 0 Å². The predicted molar refractivity (Wildman–Crippen MR) is 587 cm³/mol. The highest BCUT2D eigenvalue weighted by Gasteiger charge is 2.07. The molecule has 12 rings (SSSR count). The summed E-state index contributed by atoms with van der Waals surface area (Å²) in [6.45, 7) is 105. The van der Waals surface area contributed by atoms with Crippen molar-refractivity contribution in [3.05, 3.63) is 276 Å². The number of imidazole rings is 1. The molecule has 0 spiro atoms. The second-order valence-electron chi connectivity index (χ2n) is 14.4. The standard InChI is InChI=1S/C12H18.C10H8.C8H7N.C8H6S.C5H5N.C4H5N.C4H4O.C4H4S.C3H4N2.23C2H6.6CH4/c1-7-8(2)10(4)12(6)11(5)9(7)3;1-2-6-10-8-4-3-7-9(10)5-1;2*1-2-4-8-7(3-1)5-6-9-8;1-2-4-6-5-3-1;3*1-2-4-5-3-1;1-2-5-3-4-1;23*1-2;;;;;;/h1-6H3;1-8H;1-6,9H;1-6H;1-5H;1-5H;2*1-4H;1-3H,(H,4,5);23*1-2H3;6*1H4. The van der Waals surface area contributed by atoms with Crippen molar-refractivity contribution < 1.29 is 4.42 Å². The number of hydrogen-bond donors (Lipinski definition) is 3. The summed E-state index contributed by atoms with van der Waals surface area (Å²) in [7, 11) is 0. The van der Waals surface area contributed by atoms with Crippen LogP contribution in [0.4, 0.5) is 0 Å². The zero-order valence-electron chi connectivity index (χ0n) is 84.7. The highest BCUT2D eigenvalue weighted by atomic mass is 32.1. The summed E-state index contributed by atoms with van der Waals surface area (Å²) in [6.07, 6.45) is 17.5. The van der Waals surface area contributed by atoms with Gasteiger partial charge in [-0.15, -0.1) is 11.3 Å². The molecule has 7 aromatic heterocycles. The van der Waals surface area contributed by atoms with Crippen LogP contribution < -0.4 is 0 Å². The van der Waals surface area contributed by atoms with Gasteiger partial charge in [0.25, 0.3) is 0 Å². The van der Waals surface area contributed by atoms with E-state index in [1.165, 1.54) is 65.1 Å². The topological polar surface area (TPSA) is 86.3 Å². The Balaban J connectivity index is -0.0000000317. The highest BCUT2D eigenvalue weighted by Crippen LogP contribution is 2.25. The van der Waals surface area contributed by atoms with Crippen LogP contribution in [-0.4, -0.2) is 24.9 Å². The minimum absolute atomic E-state index is 0. The number of pyridine rings is 1. The number of para-hydroxylation sites is 1. The number of aromatic nitrogens is 5. The molecule has 118 heavy (non-hydrogen) atoms. The Morgan fingerprint density at radius 2 is 0.517 bits per heavy atom. The summed E-state index contributed by atoms with van der Waals surface area (Å²) in [5.41, 5.74) is 9.93. The van der Waals surface area contributed by atoms with Crippen LogP contribution in [0.15, 0.2) is 247 Å². The van der Waals surface area contributed by atoms with Gasteiger partial charge in [-0.25, -0.2) is 4.98 Å². The van der Waals surface area contributed by atoms with E-state index in [9.17, 15) is 0 Å². The predicted octanol–water partition coefficient (Wildman–Crippen LogP) is 44.4. The number of nitrogens with one attached hydrogen (secondary N) is 3. The smallest absolute Gasteiger partial charge is 0.0919 e. The molecule has 0 unspecified atom stereocenters. The molecule has 0 aliphatic rings. The number of aromatic amines is 3. The summed E-state index contributed by atoms with van der Waals surface area (Å²) >= 11 is 3.50. The molecule has 0 fully saturated rings. The van der Waals surface area contributed by atoms with Gasteiger partial charge in [0.05, 0.1) is 18.9 Å². The number of hydrogen-bond acceptors (Lipinski definition) is 5. The molecule has 0 saturated carbocycles. The number of furan rings is 1. The fraction of sp³-hybridized carbons (Fsp3) is 0.527. The monoisotopic (exact) mass is 1690 g/mol. The van der Waals surface area contributed by atoms with Crippen LogP contribution in [0.3, 0.4) is 0 Å². The summed E-state index contributed by atoms with van der Waals surface area (Å²) in [6, 6.07) is 54.8. The van der Waals surface area contributed by atoms with Gasteiger partial charge in [0, 0.05) is 53.6 Å². The lowest BCUT2D eigenvalue weighted by Crippen LogP contribution is -1.98. The largest absolute Gasteiger partial charge is 0.473 e. The first-order chi connectivity index (χ1) is 55.4. The maximum Gasteiger partial charge on any atom is 0.0919 e. The average molecular weight is 1700 g/mol. The Labute approximate surface area is 758 Å². The van der Waals surface area contributed by atoms with Crippen LogP contribution in [0.1, 0.15) is 396 Å². The van der Waals surface area contributed by atoms with Gasteiger partial charge in [-0.05, 0) is 173 Å². The molecular weight excluding hydrogens is 1470 g/mol. The zero-order valence-corrected chi connectivity index (χ0v) is 86.3. The van der Waals surface area contributed by atoms with Crippen molar-refractivity contribution in [2.45, 2.75) is 405 Å². The Kier molecular flexibility index (Phi) is 346. The van der Waals surface area contributed by atoms with Crippen molar-refractivity contribution in [3.63, 3.8) is 0 Å². The van der Waals surface area contributed by atoms with Crippen LogP contribution in [0.5, 0.6) is 0 Å². The lowest BCUT2D eigenvalue weighted by Gasteiger charge is -2.15. The Bertz CT molecular complexity index is 2450. The molecule has 3 N–H and O–H groups in total. The SMILES string of the molecule is C.C.C.C.C.C.CC.CC.CC.CC.CC.CC.CC.CC.CC.CC.CC.CC.CC.CC.CC.CC.CC.CC.CC.CC.CC.CC.CC.Cc1c(C)c(C)c(C)c(C)c1C.c1c[nH]cn1.c1cc[nH]c1.c1ccc2[nH]ccc2c1.c1ccc2ccccc2c1.c1ccc2sccc2c1.c1ccncc1.c1ccoc1.c1ccsc1. The fourth-order valence-electron chi connectivity index (χ4n) is 5.98. The first-order valence-corrected chi connectivity index (χ1v) is 46.4. The average Bonchev–Trinajstić information content (AvgIpc) is 1.10. The van der Waals surface area contributed by atoms with E-state index in [0.717, 1.165) is 0 Å². The molecule has 0 aliphatic heterocycles. The van der Waals surface area contributed by atoms with Crippen molar-refractivity contribution in [3.8, 4) is 0 Å². The summed E-state index contributed by atoms with van der Waals surface area (Å²) in [4.78, 5) is 16.2. The minimum Gasteiger partial charge on any atom is -0.473 e. The first kappa shape index (κ1) is 186. The van der Waals surface area contributed by atoms with Gasteiger partial charge >= 0.3 is 0 Å². The van der Waals surface area contributed by atoms with E-state index in [4.69, 9.17) is 0 Å². The maximum atomic E-state index is 4.58. The molecule has 12 aromatic rings. The summed E-state index contributed by atoms with van der Waals surface area (Å²) in [5.74, 6) is 0. The zero-order chi connectivity index (χ0) is 92.9. The van der Waals surface area contributed by atoms with Gasteiger partial charge < -0.3 is 19.4 Å². The molecular formula is C110H223N5OS2. The Morgan fingerprint density at radius 3 is 0.712 bits per heavy atom. The van der Waals surface area contributed by atoms with Gasteiger partial charge in [0.2, 0.25) is 0 Å². The number of nitrogens with zero attached hydrogens (tertiary/aromatic N) is 2. The van der Waals surface area contributed by atoms with Gasteiger partial charge in [-0.1, -0.05) is 466 Å². The van der Waals surface area contributed by atoms with Crippen molar-refractivity contribution in [1.82, 2.24) is 24.9 Å². The van der Waals surface area contributed by atoms with Gasteiger partial charge in [-0.3, -0.25) is 4.98 Å². The molecule has 0 amide bonds. The minimum atomic E-state index is 0. The normalized spacial score (nSPS) is 6.41. The molecule has 706 valence electrons. The summed E-state index contributed by atoms with van der Waals surface area (Å²) in [5, 5.41) is 11.4. The molecule has 8 heteroatoms. The number of H-pyrrole nitrogens is 3. The molecule has 0 atom stereocenters. The third-order valence-corrected chi connectivity index (χ3v) is 11.7. The second-order valence-corrected chi connectivity index (χ2v) is 16.1. The highest BCUT2D eigenvalue weighted by molar-refractivity contribution is 7.17. The van der Waals surface area contributed by atoms with Crippen LogP contribution in [-0.2, 0) is 0 Å². The van der Waals surface area contributed by atoms with E-state index in [1.807, 2.05) is 415 Å². The molecule has 0 radical (unpaired) electrons. The molecule has 6 nitrogen and oxygen atoms in total. The van der Waals surface area contributed by atoms with Crippen molar-refractivity contribution >= 4 is 54.4 Å². The maximum absolute atomic E-state index is 4.58. The van der Waals surface area contributed by atoms with E-state index in [0.29, 0.717) is 0 Å². The third-order valence-electron chi connectivity index (χ3n) is 10.2. The van der Waals surface area contributed by atoms with E-state index >= 15 is 0 Å². The second kappa shape index (κ2) is 220. The van der Waals surface area contributed by atoms with Crippen LogP contribution in [0.2, 0.25) is 0 Å². The number of benzene rings is 5. The lowest BCUT2D eigenvalue weighted by molar-refractivity contribution is 0.567. The van der Waals surface area contributed by atoms with Crippen molar-refractivity contribution in [2.24, 2.45) is 0 Å². The number of rotatable bonds is 0. The van der Waals surface area contributed by atoms with Crippen LogP contribution in [0.25, 0.3) is 31.8 Å². The Morgan fingerprint density at radius 1 is 0.229 bits per heavy atom. The third kappa shape index (κ3) is 140. The molecule has 0 bridgehead atoms. The lowest BCUT2D eigenvalue weighted by atomic mass is 9.90. The number of fused-ring (bicyclic) bond motifs is 3. The first-order valence-electron chi connectivity index (χ1n) is 44.6. The van der Waals surface area contributed by atoms with E-state index in [1.54, 1.807) is 66.3 Å². The quantitative estimate of drug-likeness (QED) is 0.141. The molecule has 5 aromatic carbocycles. The van der Waals surface area contributed by atoms with Gasteiger partial charge in [-0.2, -0.15) is 11.3 Å². The number of thiophene rings is 2. The Hall–Kier alpha value is -7.52. The van der Waals surface area contributed by atoms with Gasteiger partial charge in [0.15, 0.2) is 0 Å². The van der Waals surface area contributed by atoms with Crippen LogP contribution in [0, 0.1) is 41.5 Å². The van der Waals surface area contributed by atoms with E-state index in [2.05, 4.69) is 173 Å². The summed E-state index contributed by atoms with van der Waals surface area (Å²) < 4.78 is 5.96. The van der Waals surface area contributed by atoms with Crippen molar-refractivity contribution in [1.29, 1.82) is 0 Å².